The molecule has 0 bridgehead atoms. The van der Waals surface area contributed by atoms with Gasteiger partial charge in [0.15, 0.2) is 0 Å². The topological polar surface area (TPSA) is 87.4 Å². The lowest BCUT2D eigenvalue weighted by molar-refractivity contribution is -0.385. The number of halogens is 1. The van der Waals surface area contributed by atoms with Crippen LogP contribution in [0.1, 0.15) is 5.56 Å². The summed E-state index contributed by atoms with van der Waals surface area (Å²) in [6.45, 7) is 2.82. The molecule has 0 aromatic heterocycles. The van der Waals surface area contributed by atoms with Crippen molar-refractivity contribution in [1.29, 1.82) is 0 Å². The SMILES string of the molecule is Cl.O=[N+]([O-])c1ccccc1/C=C/CNCC1CNCC1O. The summed E-state index contributed by atoms with van der Waals surface area (Å²) in [6, 6.07) is 6.65. The number of β-amino-alcohol motifs (C(OH)–C–C–N with tert-alkyl or cyclic N) is 1. The van der Waals surface area contributed by atoms with Crippen molar-refractivity contribution in [3.05, 3.63) is 46.0 Å². The van der Waals surface area contributed by atoms with Crippen LogP contribution in [0.25, 0.3) is 6.08 Å². The van der Waals surface area contributed by atoms with Crippen LogP contribution in [0.3, 0.4) is 0 Å². The third-order valence-corrected chi connectivity index (χ3v) is 3.40. The molecule has 6 nitrogen and oxygen atoms in total. The van der Waals surface area contributed by atoms with Crippen LogP contribution in [-0.4, -0.2) is 42.3 Å². The van der Waals surface area contributed by atoms with Crippen molar-refractivity contribution in [3.8, 4) is 0 Å². The van der Waals surface area contributed by atoms with E-state index in [1.54, 1.807) is 24.3 Å². The molecule has 2 rings (SSSR count). The lowest BCUT2D eigenvalue weighted by Crippen LogP contribution is -2.30. The highest BCUT2D eigenvalue weighted by molar-refractivity contribution is 5.85. The fourth-order valence-corrected chi connectivity index (χ4v) is 2.26. The van der Waals surface area contributed by atoms with Crippen LogP contribution >= 0.6 is 12.4 Å². The summed E-state index contributed by atoms with van der Waals surface area (Å²) >= 11 is 0. The van der Waals surface area contributed by atoms with Crippen LogP contribution in [0.4, 0.5) is 5.69 Å². The molecule has 0 saturated carbocycles. The zero-order valence-electron chi connectivity index (χ0n) is 11.6. The Balaban J connectivity index is 0.00000220. The molecule has 2 unspecified atom stereocenters. The molecular weight excluding hydrogens is 294 g/mol. The van der Waals surface area contributed by atoms with Crippen molar-refractivity contribution < 1.29 is 10.0 Å². The second-order valence-corrected chi connectivity index (χ2v) is 4.86. The summed E-state index contributed by atoms with van der Waals surface area (Å²) in [5.41, 5.74) is 0.709. The van der Waals surface area contributed by atoms with Gasteiger partial charge in [-0.05, 0) is 6.07 Å². The molecule has 1 fully saturated rings. The first kappa shape index (κ1) is 17.6. The van der Waals surface area contributed by atoms with E-state index in [2.05, 4.69) is 10.6 Å². The van der Waals surface area contributed by atoms with Gasteiger partial charge in [0, 0.05) is 38.2 Å². The van der Waals surface area contributed by atoms with Crippen LogP contribution in [-0.2, 0) is 0 Å². The predicted octanol–water partition coefficient (Wildman–Crippen LogP) is 1.20. The number of hydrogen-bond acceptors (Lipinski definition) is 5. The van der Waals surface area contributed by atoms with E-state index in [0.717, 1.165) is 13.1 Å². The molecule has 0 aliphatic carbocycles. The smallest absolute Gasteiger partial charge is 0.276 e. The number of nitro benzene ring substituents is 1. The van der Waals surface area contributed by atoms with Gasteiger partial charge in [-0.2, -0.15) is 0 Å². The Labute approximate surface area is 129 Å². The number of hydrogen-bond donors (Lipinski definition) is 3. The van der Waals surface area contributed by atoms with E-state index in [4.69, 9.17) is 0 Å². The first-order chi connectivity index (χ1) is 9.68. The summed E-state index contributed by atoms with van der Waals surface area (Å²) in [6.07, 6.45) is 3.31. The van der Waals surface area contributed by atoms with E-state index < -0.39 is 0 Å². The fourth-order valence-electron chi connectivity index (χ4n) is 2.26. The highest BCUT2D eigenvalue weighted by Gasteiger charge is 2.23. The van der Waals surface area contributed by atoms with Crippen molar-refractivity contribution in [3.63, 3.8) is 0 Å². The minimum atomic E-state index is -0.381. The second-order valence-electron chi connectivity index (χ2n) is 4.86. The molecule has 1 heterocycles. The largest absolute Gasteiger partial charge is 0.391 e. The maximum Gasteiger partial charge on any atom is 0.276 e. The summed E-state index contributed by atoms with van der Waals surface area (Å²) in [4.78, 5) is 10.5. The van der Waals surface area contributed by atoms with Gasteiger partial charge in [-0.3, -0.25) is 10.1 Å². The molecule has 7 heteroatoms. The zero-order valence-corrected chi connectivity index (χ0v) is 12.4. The van der Waals surface area contributed by atoms with E-state index in [0.29, 0.717) is 18.7 Å². The Bertz CT molecular complexity index is 496. The van der Waals surface area contributed by atoms with Crippen LogP contribution in [0, 0.1) is 16.0 Å². The average Bonchev–Trinajstić information content (AvgIpc) is 2.84. The van der Waals surface area contributed by atoms with Gasteiger partial charge < -0.3 is 15.7 Å². The normalized spacial score (nSPS) is 21.4. The number of benzene rings is 1. The number of para-hydroxylation sites is 1. The Kier molecular flexibility index (Phi) is 7.31. The van der Waals surface area contributed by atoms with Gasteiger partial charge in [0.25, 0.3) is 5.69 Å². The molecule has 1 saturated heterocycles. The number of aliphatic hydroxyl groups is 1. The van der Waals surface area contributed by atoms with Crippen molar-refractivity contribution in [2.75, 3.05) is 26.2 Å². The second kappa shape index (κ2) is 8.74. The van der Waals surface area contributed by atoms with E-state index in [1.165, 1.54) is 6.07 Å². The summed E-state index contributed by atoms with van der Waals surface area (Å²) in [7, 11) is 0. The Hall–Kier alpha value is -1.47. The standard InChI is InChI=1S/C14H19N3O3.ClH/c18-14-10-16-9-12(14)8-15-7-3-5-11-4-1-2-6-13(11)17(19)20;/h1-6,12,14-16,18H,7-10H2;1H/b5-3+;. The van der Waals surface area contributed by atoms with Crippen molar-refractivity contribution in [1.82, 2.24) is 10.6 Å². The van der Waals surface area contributed by atoms with E-state index in [1.807, 2.05) is 6.08 Å². The zero-order chi connectivity index (χ0) is 14.4. The Morgan fingerprint density at radius 2 is 2.19 bits per heavy atom. The molecule has 2 atom stereocenters. The monoisotopic (exact) mass is 313 g/mol. The maximum absolute atomic E-state index is 10.8. The van der Waals surface area contributed by atoms with Crippen LogP contribution in [0.2, 0.25) is 0 Å². The molecule has 1 aromatic carbocycles. The predicted molar refractivity (Wildman–Crippen MR) is 84.6 cm³/mol. The van der Waals surface area contributed by atoms with Gasteiger partial charge in [-0.15, -0.1) is 12.4 Å². The first-order valence-corrected chi connectivity index (χ1v) is 6.68. The van der Waals surface area contributed by atoms with E-state index in [-0.39, 0.29) is 35.0 Å². The van der Waals surface area contributed by atoms with Gasteiger partial charge in [0.1, 0.15) is 0 Å². The van der Waals surface area contributed by atoms with Crippen molar-refractivity contribution >= 4 is 24.2 Å². The molecule has 1 aliphatic heterocycles. The van der Waals surface area contributed by atoms with Gasteiger partial charge in [0.05, 0.1) is 16.6 Å². The number of rotatable bonds is 6. The third kappa shape index (κ3) is 5.09. The van der Waals surface area contributed by atoms with Crippen molar-refractivity contribution in [2.24, 2.45) is 5.92 Å². The molecule has 21 heavy (non-hydrogen) atoms. The lowest BCUT2D eigenvalue weighted by Gasteiger charge is -2.12. The molecule has 3 N–H and O–H groups in total. The van der Waals surface area contributed by atoms with Crippen LogP contribution in [0.15, 0.2) is 30.3 Å². The molecular formula is C14H20ClN3O3. The van der Waals surface area contributed by atoms with Gasteiger partial charge in [-0.1, -0.05) is 24.3 Å². The minimum Gasteiger partial charge on any atom is -0.391 e. The lowest BCUT2D eigenvalue weighted by atomic mass is 10.1. The highest BCUT2D eigenvalue weighted by atomic mass is 35.5. The molecule has 0 radical (unpaired) electrons. The summed E-state index contributed by atoms with van der Waals surface area (Å²) < 4.78 is 0. The van der Waals surface area contributed by atoms with Gasteiger partial charge in [0.2, 0.25) is 0 Å². The molecule has 0 spiro atoms. The highest BCUT2D eigenvalue weighted by Crippen LogP contribution is 2.18. The molecule has 116 valence electrons. The summed E-state index contributed by atoms with van der Waals surface area (Å²) in [5.74, 6) is 0.231. The third-order valence-electron chi connectivity index (χ3n) is 3.40. The van der Waals surface area contributed by atoms with Gasteiger partial charge in [-0.25, -0.2) is 0 Å². The summed E-state index contributed by atoms with van der Waals surface area (Å²) in [5, 5.41) is 26.8. The molecule has 1 aromatic rings. The number of nitrogens with one attached hydrogen (secondary N) is 2. The van der Waals surface area contributed by atoms with Crippen LogP contribution in [0.5, 0.6) is 0 Å². The number of nitro groups is 1. The Morgan fingerprint density at radius 3 is 2.86 bits per heavy atom. The number of aliphatic hydroxyl groups excluding tert-OH is 1. The van der Waals surface area contributed by atoms with Crippen LogP contribution < -0.4 is 10.6 Å². The Morgan fingerprint density at radius 1 is 1.43 bits per heavy atom. The first-order valence-electron chi connectivity index (χ1n) is 6.68. The fraction of sp³-hybridized carbons (Fsp3) is 0.429. The maximum atomic E-state index is 10.8. The average molecular weight is 314 g/mol. The quantitative estimate of drug-likeness (QED) is 0.417. The molecule has 0 amide bonds. The molecule has 1 aliphatic rings. The van der Waals surface area contributed by atoms with E-state index >= 15 is 0 Å². The van der Waals surface area contributed by atoms with Gasteiger partial charge >= 0.3 is 0 Å². The van der Waals surface area contributed by atoms with Crippen molar-refractivity contribution in [2.45, 2.75) is 6.10 Å². The minimum absolute atomic E-state index is 0. The van der Waals surface area contributed by atoms with E-state index in [9.17, 15) is 15.2 Å². The number of nitrogens with zero attached hydrogens (tertiary/aromatic N) is 1.